The molecule has 1 amide bonds. The van der Waals surface area contributed by atoms with Crippen molar-refractivity contribution in [2.24, 2.45) is 0 Å². The molecule has 1 saturated heterocycles. The third-order valence-electron chi connectivity index (χ3n) is 4.17. The molecule has 2 heterocycles. The summed E-state index contributed by atoms with van der Waals surface area (Å²) in [5.74, 6) is 2.48. The zero-order chi connectivity index (χ0) is 14.5. The summed E-state index contributed by atoms with van der Waals surface area (Å²) >= 11 is 2.01. The van der Waals surface area contributed by atoms with Crippen molar-refractivity contribution >= 4 is 17.7 Å². The van der Waals surface area contributed by atoms with E-state index < -0.39 is 0 Å². The van der Waals surface area contributed by atoms with E-state index in [0.29, 0.717) is 0 Å². The van der Waals surface area contributed by atoms with Gasteiger partial charge in [0.15, 0.2) is 0 Å². The van der Waals surface area contributed by atoms with E-state index in [4.69, 9.17) is 0 Å². The number of rotatable bonds is 4. The SMILES string of the molecule is O=C(NCCN1CCSCC1)c1ccc2c(c1)CNCC2. The monoisotopic (exact) mass is 305 g/mol. The molecule has 0 bridgehead atoms. The fourth-order valence-corrected chi connectivity index (χ4v) is 3.85. The van der Waals surface area contributed by atoms with Gasteiger partial charge in [0, 0.05) is 49.8 Å². The molecule has 3 rings (SSSR count). The molecule has 0 aromatic heterocycles. The second kappa shape index (κ2) is 7.29. The summed E-state index contributed by atoms with van der Waals surface area (Å²) in [4.78, 5) is 14.6. The largest absolute Gasteiger partial charge is 0.351 e. The van der Waals surface area contributed by atoms with E-state index in [-0.39, 0.29) is 5.91 Å². The minimum Gasteiger partial charge on any atom is -0.351 e. The second-order valence-corrected chi connectivity index (χ2v) is 6.84. The highest BCUT2D eigenvalue weighted by atomic mass is 32.2. The molecule has 2 N–H and O–H groups in total. The summed E-state index contributed by atoms with van der Waals surface area (Å²) in [6.07, 6.45) is 1.06. The number of carbonyl (C=O) groups is 1. The van der Waals surface area contributed by atoms with E-state index in [2.05, 4.69) is 21.6 Å². The van der Waals surface area contributed by atoms with Crippen molar-refractivity contribution in [1.29, 1.82) is 0 Å². The third kappa shape index (κ3) is 3.99. The Morgan fingerprint density at radius 3 is 3.00 bits per heavy atom. The number of carbonyl (C=O) groups excluding carboxylic acids is 1. The maximum absolute atomic E-state index is 12.2. The minimum absolute atomic E-state index is 0.0507. The van der Waals surface area contributed by atoms with Gasteiger partial charge in [-0.3, -0.25) is 9.69 Å². The number of nitrogens with one attached hydrogen (secondary N) is 2. The maximum atomic E-state index is 12.2. The molecule has 0 atom stereocenters. The van der Waals surface area contributed by atoms with Crippen LogP contribution in [0.25, 0.3) is 0 Å². The predicted molar refractivity (Wildman–Crippen MR) is 88.0 cm³/mol. The lowest BCUT2D eigenvalue weighted by atomic mass is 9.98. The Bertz CT molecular complexity index is 500. The van der Waals surface area contributed by atoms with Gasteiger partial charge in [-0.05, 0) is 36.2 Å². The highest BCUT2D eigenvalue weighted by molar-refractivity contribution is 7.99. The Balaban J connectivity index is 1.50. The number of nitrogens with zero attached hydrogens (tertiary/aromatic N) is 1. The fourth-order valence-electron chi connectivity index (χ4n) is 2.88. The summed E-state index contributed by atoms with van der Waals surface area (Å²) in [7, 11) is 0. The van der Waals surface area contributed by atoms with Gasteiger partial charge in [-0.2, -0.15) is 11.8 Å². The smallest absolute Gasteiger partial charge is 0.251 e. The van der Waals surface area contributed by atoms with Crippen LogP contribution in [0.1, 0.15) is 21.5 Å². The first-order chi connectivity index (χ1) is 10.3. The Kier molecular flexibility index (Phi) is 5.17. The molecule has 21 heavy (non-hydrogen) atoms. The molecular weight excluding hydrogens is 282 g/mol. The molecule has 0 aliphatic carbocycles. The third-order valence-corrected chi connectivity index (χ3v) is 5.11. The predicted octanol–water partition coefficient (Wildman–Crippen LogP) is 1.11. The number of thioether (sulfide) groups is 1. The molecule has 4 nitrogen and oxygen atoms in total. The number of amides is 1. The van der Waals surface area contributed by atoms with Gasteiger partial charge >= 0.3 is 0 Å². The molecular formula is C16H23N3OS. The van der Waals surface area contributed by atoms with Crippen molar-refractivity contribution in [3.05, 3.63) is 34.9 Å². The number of benzene rings is 1. The number of hydrogen-bond donors (Lipinski definition) is 2. The zero-order valence-corrected chi connectivity index (χ0v) is 13.2. The second-order valence-electron chi connectivity index (χ2n) is 5.62. The van der Waals surface area contributed by atoms with Gasteiger partial charge in [0.05, 0.1) is 0 Å². The highest BCUT2D eigenvalue weighted by Gasteiger charge is 2.13. The van der Waals surface area contributed by atoms with Gasteiger partial charge in [0.1, 0.15) is 0 Å². The van der Waals surface area contributed by atoms with Gasteiger partial charge in [0.25, 0.3) is 5.91 Å². The summed E-state index contributed by atoms with van der Waals surface area (Å²) in [5, 5.41) is 6.40. The summed E-state index contributed by atoms with van der Waals surface area (Å²) in [6.45, 7) is 5.89. The van der Waals surface area contributed by atoms with Gasteiger partial charge in [-0.15, -0.1) is 0 Å². The minimum atomic E-state index is 0.0507. The molecule has 0 unspecified atom stereocenters. The number of hydrogen-bond acceptors (Lipinski definition) is 4. The normalized spacial score (nSPS) is 19.0. The van der Waals surface area contributed by atoms with Crippen LogP contribution in [0.5, 0.6) is 0 Å². The van der Waals surface area contributed by atoms with Gasteiger partial charge in [-0.25, -0.2) is 0 Å². The van der Waals surface area contributed by atoms with Crippen molar-refractivity contribution in [2.45, 2.75) is 13.0 Å². The van der Waals surface area contributed by atoms with E-state index in [1.807, 2.05) is 23.9 Å². The van der Waals surface area contributed by atoms with Crippen LogP contribution in [0, 0.1) is 0 Å². The molecule has 1 aromatic rings. The summed E-state index contributed by atoms with van der Waals surface area (Å²) < 4.78 is 0. The van der Waals surface area contributed by atoms with Crippen molar-refractivity contribution < 1.29 is 4.79 Å². The fraction of sp³-hybridized carbons (Fsp3) is 0.562. The van der Waals surface area contributed by atoms with Crippen LogP contribution >= 0.6 is 11.8 Å². The van der Waals surface area contributed by atoms with E-state index in [1.54, 1.807) is 0 Å². The van der Waals surface area contributed by atoms with E-state index in [1.165, 1.54) is 22.6 Å². The molecule has 2 aliphatic heterocycles. The van der Waals surface area contributed by atoms with Gasteiger partial charge in [0.2, 0.25) is 0 Å². The maximum Gasteiger partial charge on any atom is 0.251 e. The van der Waals surface area contributed by atoms with Crippen LogP contribution in [-0.4, -0.2) is 55.0 Å². The molecule has 1 aromatic carbocycles. The van der Waals surface area contributed by atoms with Gasteiger partial charge in [-0.1, -0.05) is 6.07 Å². The van der Waals surface area contributed by atoms with Crippen LogP contribution in [0.2, 0.25) is 0 Å². The van der Waals surface area contributed by atoms with Crippen molar-refractivity contribution in [2.75, 3.05) is 44.2 Å². The lowest BCUT2D eigenvalue weighted by Crippen LogP contribution is -2.39. The number of fused-ring (bicyclic) bond motifs is 1. The Labute approximate surface area is 130 Å². The molecule has 114 valence electrons. The zero-order valence-electron chi connectivity index (χ0n) is 12.4. The van der Waals surface area contributed by atoms with E-state index in [0.717, 1.165) is 51.3 Å². The average molecular weight is 305 g/mol. The summed E-state index contributed by atoms with van der Waals surface area (Å²) in [5.41, 5.74) is 3.42. The van der Waals surface area contributed by atoms with Crippen molar-refractivity contribution in [1.82, 2.24) is 15.5 Å². The standard InChI is InChI=1S/C16H23N3OS/c20-16(18-5-6-19-7-9-21-10-8-19)14-2-1-13-3-4-17-12-15(13)11-14/h1-2,11,17H,3-10,12H2,(H,18,20). The van der Waals surface area contributed by atoms with Crippen LogP contribution in [-0.2, 0) is 13.0 Å². The molecule has 0 radical (unpaired) electrons. The van der Waals surface area contributed by atoms with Gasteiger partial charge < -0.3 is 10.6 Å². The molecule has 0 saturated carbocycles. The van der Waals surface area contributed by atoms with Crippen molar-refractivity contribution in [3.8, 4) is 0 Å². The van der Waals surface area contributed by atoms with E-state index in [9.17, 15) is 4.79 Å². The molecule has 0 spiro atoms. The Morgan fingerprint density at radius 2 is 2.14 bits per heavy atom. The molecule has 1 fully saturated rings. The lowest BCUT2D eigenvalue weighted by Gasteiger charge is -2.26. The van der Waals surface area contributed by atoms with Crippen LogP contribution < -0.4 is 10.6 Å². The Hall–Kier alpha value is -1.04. The average Bonchev–Trinajstić information content (AvgIpc) is 2.55. The Morgan fingerprint density at radius 1 is 1.29 bits per heavy atom. The molecule has 2 aliphatic rings. The van der Waals surface area contributed by atoms with Crippen molar-refractivity contribution in [3.63, 3.8) is 0 Å². The quantitative estimate of drug-likeness (QED) is 0.875. The highest BCUT2D eigenvalue weighted by Crippen LogP contribution is 2.15. The molecule has 5 heteroatoms. The van der Waals surface area contributed by atoms with Crippen LogP contribution in [0.3, 0.4) is 0 Å². The van der Waals surface area contributed by atoms with E-state index >= 15 is 0 Å². The first-order valence-corrected chi connectivity index (χ1v) is 8.89. The lowest BCUT2D eigenvalue weighted by molar-refractivity contribution is 0.0949. The topological polar surface area (TPSA) is 44.4 Å². The first-order valence-electron chi connectivity index (χ1n) is 7.74. The summed E-state index contributed by atoms with van der Waals surface area (Å²) in [6, 6.07) is 6.10. The van der Waals surface area contributed by atoms with Crippen LogP contribution in [0.15, 0.2) is 18.2 Å². The van der Waals surface area contributed by atoms with Crippen LogP contribution in [0.4, 0.5) is 0 Å². The first kappa shape index (κ1) is 14.9.